The number of hydrogen-bond acceptors (Lipinski definition) is 5. The molecule has 1 N–H and O–H groups in total. The largest absolute Gasteiger partial charge is 0.465 e. The molecule has 0 atom stereocenters. The Balaban J connectivity index is 4.77. The summed E-state index contributed by atoms with van der Waals surface area (Å²) < 4.78 is 8.95. The molecular weight excluding hydrogens is 222 g/mol. The molecule has 0 rings (SSSR count). The molecule has 0 fully saturated rings. The van der Waals surface area contributed by atoms with Crippen molar-refractivity contribution in [3.63, 3.8) is 0 Å². The maximum absolute atomic E-state index is 11.3. The van der Waals surface area contributed by atoms with Gasteiger partial charge < -0.3 is 14.8 Å². The molecule has 0 spiro atoms. The Hall–Kier alpha value is -1.78. The summed E-state index contributed by atoms with van der Waals surface area (Å²) in [5.74, 6) is -1.46. The second kappa shape index (κ2) is 8.38. The van der Waals surface area contributed by atoms with Crippen molar-refractivity contribution in [2.75, 3.05) is 14.2 Å². The lowest BCUT2D eigenvalue weighted by Crippen LogP contribution is -2.18. The van der Waals surface area contributed by atoms with E-state index in [-0.39, 0.29) is 5.57 Å². The van der Waals surface area contributed by atoms with E-state index in [0.29, 0.717) is 0 Å². The Morgan fingerprint density at radius 2 is 1.47 bits per heavy atom. The van der Waals surface area contributed by atoms with E-state index in [2.05, 4.69) is 14.8 Å². The molecule has 5 nitrogen and oxygen atoms in total. The molecule has 0 radical (unpaired) electrons. The Bertz CT molecular complexity index is 307. The van der Waals surface area contributed by atoms with Gasteiger partial charge in [-0.3, -0.25) is 0 Å². The van der Waals surface area contributed by atoms with E-state index in [1.54, 1.807) is 6.20 Å². The normalized spacial score (nSPS) is 8.94. The Morgan fingerprint density at radius 3 is 1.82 bits per heavy atom. The quantitative estimate of drug-likeness (QED) is 0.330. The highest BCUT2D eigenvalue weighted by molar-refractivity contribution is 6.13. The van der Waals surface area contributed by atoms with Gasteiger partial charge in [0.25, 0.3) is 0 Å². The summed E-state index contributed by atoms with van der Waals surface area (Å²) in [6.07, 6.45) is 4.85. The molecule has 0 saturated heterocycles. The average molecular weight is 241 g/mol. The molecular formula is C12H19NO4. The Labute approximate surface area is 101 Å². The summed E-state index contributed by atoms with van der Waals surface area (Å²) in [6, 6.07) is 0. The lowest BCUT2D eigenvalue weighted by molar-refractivity contribution is -0.144. The van der Waals surface area contributed by atoms with E-state index in [1.807, 2.05) is 13.8 Å². The van der Waals surface area contributed by atoms with Crippen LogP contribution in [0.2, 0.25) is 0 Å². The van der Waals surface area contributed by atoms with Crippen molar-refractivity contribution >= 4 is 11.9 Å². The number of esters is 2. The van der Waals surface area contributed by atoms with Crippen LogP contribution in [0.5, 0.6) is 0 Å². The molecule has 0 aliphatic heterocycles. The second-order valence-electron chi connectivity index (χ2n) is 3.22. The monoisotopic (exact) mass is 241 g/mol. The third-order valence-corrected chi connectivity index (χ3v) is 2.23. The number of methoxy groups -OCH3 is 2. The van der Waals surface area contributed by atoms with E-state index in [0.717, 1.165) is 12.8 Å². The first kappa shape index (κ1) is 15.2. The number of hydrogen-bond donors (Lipinski definition) is 1. The average Bonchev–Trinajstić information content (AvgIpc) is 2.37. The molecule has 0 aliphatic carbocycles. The summed E-state index contributed by atoms with van der Waals surface area (Å²) in [7, 11) is 2.41. The van der Waals surface area contributed by atoms with Gasteiger partial charge in [0.1, 0.15) is 0 Å². The number of ether oxygens (including phenoxy) is 2. The summed E-state index contributed by atoms with van der Waals surface area (Å²) in [4.78, 5) is 22.6. The van der Waals surface area contributed by atoms with Crippen molar-refractivity contribution in [2.24, 2.45) is 0 Å². The van der Waals surface area contributed by atoms with Crippen LogP contribution in [-0.2, 0) is 19.1 Å². The van der Waals surface area contributed by atoms with Gasteiger partial charge in [-0.1, -0.05) is 19.4 Å². The maximum atomic E-state index is 11.3. The first-order valence-electron chi connectivity index (χ1n) is 5.41. The highest BCUT2D eigenvalue weighted by Gasteiger charge is 2.19. The van der Waals surface area contributed by atoms with Crippen LogP contribution >= 0.6 is 0 Å². The molecule has 0 heterocycles. The van der Waals surface area contributed by atoms with Crippen LogP contribution in [0.1, 0.15) is 26.7 Å². The highest BCUT2D eigenvalue weighted by atomic mass is 16.5. The van der Waals surface area contributed by atoms with Crippen molar-refractivity contribution in [3.05, 3.63) is 23.5 Å². The van der Waals surface area contributed by atoms with Crippen molar-refractivity contribution < 1.29 is 19.1 Å². The van der Waals surface area contributed by atoms with Crippen molar-refractivity contribution in [1.82, 2.24) is 5.32 Å². The van der Waals surface area contributed by atoms with Gasteiger partial charge in [-0.2, -0.15) is 0 Å². The van der Waals surface area contributed by atoms with Gasteiger partial charge in [-0.25, -0.2) is 9.59 Å². The van der Waals surface area contributed by atoms with Gasteiger partial charge in [-0.05, 0) is 19.0 Å². The van der Waals surface area contributed by atoms with Gasteiger partial charge in [0, 0.05) is 6.20 Å². The zero-order valence-corrected chi connectivity index (χ0v) is 10.7. The van der Waals surface area contributed by atoms with Crippen LogP contribution in [0, 0.1) is 0 Å². The molecule has 0 aromatic rings. The topological polar surface area (TPSA) is 64.6 Å². The molecule has 96 valence electrons. The first-order chi connectivity index (χ1) is 8.10. The fourth-order valence-corrected chi connectivity index (χ4v) is 1.12. The predicted octanol–water partition coefficient (Wildman–Crippen LogP) is 1.51. The summed E-state index contributed by atoms with van der Waals surface area (Å²) in [5.41, 5.74) is 1.01. The minimum Gasteiger partial charge on any atom is -0.465 e. The molecule has 0 aromatic heterocycles. The molecule has 0 saturated carbocycles. The van der Waals surface area contributed by atoms with Gasteiger partial charge in [0.2, 0.25) is 0 Å². The second-order valence-corrected chi connectivity index (χ2v) is 3.22. The van der Waals surface area contributed by atoms with Crippen molar-refractivity contribution in [1.29, 1.82) is 0 Å². The van der Waals surface area contributed by atoms with Crippen LogP contribution in [-0.4, -0.2) is 26.2 Å². The maximum Gasteiger partial charge on any atom is 0.346 e. The molecule has 0 amide bonds. The lowest BCUT2D eigenvalue weighted by Gasteiger charge is -2.04. The summed E-state index contributed by atoms with van der Waals surface area (Å²) in [5, 5.41) is 2.79. The van der Waals surface area contributed by atoms with E-state index in [1.165, 1.54) is 26.0 Å². The van der Waals surface area contributed by atoms with Gasteiger partial charge >= 0.3 is 11.9 Å². The predicted molar refractivity (Wildman–Crippen MR) is 63.9 cm³/mol. The molecule has 0 bridgehead atoms. The Morgan fingerprint density at radius 1 is 1.00 bits per heavy atom. The van der Waals surface area contributed by atoms with Crippen LogP contribution in [0.3, 0.4) is 0 Å². The minimum atomic E-state index is -0.729. The SMILES string of the molecule is CCC(=CNC=C(C(=O)OC)C(=O)OC)CC. The smallest absolute Gasteiger partial charge is 0.346 e. The van der Waals surface area contributed by atoms with Crippen molar-refractivity contribution in [2.45, 2.75) is 26.7 Å². The molecule has 0 aromatic carbocycles. The van der Waals surface area contributed by atoms with E-state index in [9.17, 15) is 9.59 Å². The molecule has 17 heavy (non-hydrogen) atoms. The number of carbonyl (C=O) groups excluding carboxylic acids is 2. The first-order valence-corrected chi connectivity index (χ1v) is 5.41. The fourth-order valence-electron chi connectivity index (χ4n) is 1.12. The van der Waals surface area contributed by atoms with Crippen molar-refractivity contribution in [3.8, 4) is 0 Å². The Kier molecular flexibility index (Phi) is 7.50. The van der Waals surface area contributed by atoms with Crippen LogP contribution in [0.4, 0.5) is 0 Å². The number of carbonyl (C=O) groups is 2. The zero-order valence-electron chi connectivity index (χ0n) is 10.7. The molecule has 0 unspecified atom stereocenters. The standard InChI is InChI=1S/C12H19NO4/c1-5-9(6-2)7-13-8-10(11(14)16-3)12(15)17-4/h7-8,13H,5-6H2,1-4H3. The van der Waals surface area contributed by atoms with Crippen LogP contribution < -0.4 is 5.32 Å². The van der Waals surface area contributed by atoms with E-state index < -0.39 is 11.9 Å². The van der Waals surface area contributed by atoms with E-state index >= 15 is 0 Å². The van der Waals surface area contributed by atoms with Crippen LogP contribution in [0.25, 0.3) is 0 Å². The third-order valence-electron chi connectivity index (χ3n) is 2.23. The van der Waals surface area contributed by atoms with E-state index in [4.69, 9.17) is 0 Å². The summed E-state index contributed by atoms with van der Waals surface area (Å²) in [6.45, 7) is 4.06. The third kappa shape index (κ3) is 5.19. The zero-order chi connectivity index (χ0) is 13.3. The van der Waals surface area contributed by atoms with Gasteiger partial charge in [-0.15, -0.1) is 0 Å². The van der Waals surface area contributed by atoms with Crippen LogP contribution in [0.15, 0.2) is 23.5 Å². The van der Waals surface area contributed by atoms with Gasteiger partial charge in [0.05, 0.1) is 14.2 Å². The fraction of sp³-hybridized carbons (Fsp3) is 0.500. The van der Waals surface area contributed by atoms with Gasteiger partial charge in [0.15, 0.2) is 5.57 Å². The molecule has 5 heteroatoms. The minimum absolute atomic E-state index is 0.169. The molecule has 0 aliphatic rings. The number of allylic oxidation sites excluding steroid dienone is 1. The number of nitrogens with one attached hydrogen (secondary N) is 1. The number of rotatable bonds is 6. The summed E-state index contributed by atoms with van der Waals surface area (Å²) >= 11 is 0. The lowest BCUT2D eigenvalue weighted by atomic mass is 10.2. The highest BCUT2D eigenvalue weighted by Crippen LogP contribution is 2.04.